The maximum Gasteiger partial charge on any atom is 0.230 e. The standard InChI is InChI=1S/C15H17ClN2O/c1-15(7-2-3-8-15)13-12(14(17)19-18-13)10-5-4-6-11(16)9-10/h4-6,9H,2-3,7-8,17H2,1H3. The molecule has 2 aromatic rings. The number of nitrogens with zero attached hydrogens (tertiary/aromatic N) is 1. The van der Waals surface area contributed by atoms with E-state index in [4.69, 9.17) is 21.9 Å². The Hall–Kier alpha value is -1.48. The number of nitrogen functional groups attached to an aromatic ring is 1. The van der Waals surface area contributed by atoms with Crippen molar-refractivity contribution in [2.45, 2.75) is 38.0 Å². The monoisotopic (exact) mass is 276 g/mol. The second-order valence-electron chi connectivity index (χ2n) is 5.55. The quantitative estimate of drug-likeness (QED) is 0.884. The summed E-state index contributed by atoms with van der Waals surface area (Å²) in [5.41, 5.74) is 8.91. The van der Waals surface area contributed by atoms with Crippen LogP contribution in [0.25, 0.3) is 11.1 Å². The van der Waals surface area contributed by atoms with E-state index < -0.39 is 0 Å². The van der Waals surface area contributed by atoms with Crippen LogP contribution in [0.5, 0.6) is 0 Å². The summed E-state index contributed by atoms with van der Waals surface area (Å²) >= 11 is 6.07. The summed E-state index contributed by atoms with van der Waals surface area (Å²) in [6, 6.07) is 7.68. The second kappa shape index (κ2) is 4.57. The minimum atomic E-state index is 0.0682. The lowest BCUT2D eigenvalue weighted by Crippen LogP contribution is -2.18. The first-order chi connectivity index (χ1) is 9.10. The third kappa shape index (κ3) is 2.12. The maximum absolute atomic E-state index is 6.07. The molecule has 2 N–H and O–H groups in total. The third-order valence-corrected chi connectivity index (χ3v) is 4.35. The van der Waals surface area contributed by atoms with E-state index in [1.54, 1.807) is 0 Å². The molecule has 0 aliphatic heterocycles. The van der Waals surface area contributed by atoms with Gasteiger partial charge in [-0.2, -0.15) is 0 Å². The van der Waals surface area contributed by atoms with E-state index in [-0.39, 0.29) is 5.41 Å². The molecule has 1 aromatic carbocycles. The molecular formula is C15H17ClN2O. The molecule has 0 saturated heterocycles. The molecule has 3 nitrogen and oxygen atoms in total. The highest BCUT2D eigenvalue weighted by atomic mass is 35.5. The molecule has 0 radical (unpaired) electrons. The highest BCUT2D eigenvalue weighted by Crippen LogP contribution is 2.45. The van der Waals surface area contributed by atoms with Crippen LogP contribution in [0.1, 0.15) is 38.3 Å². The van der Waals surface area contributed by atoms with E-state index in [1.165, 1.54) is 12.8 Å². The van der Waals surface area contributed by atoms with Gasteiger partial charge in [-0.25, -0.2) is 0 Å². The zero-order valence-electron chi connectivity index (χ0n) is 10.9. The predicted molar refractivity (Wildman–Crippen MR) is 77.2 cm³/mol. The molecule has 1 aliphatic carbocycles. The number of halogens is 1. The van der Waals surface area contributed by atoms with Crippen molar-refractivity contribution in [1.82, 2.24) is 5.16 Å². The topological polar surface area (TPSA) is 52.0 Å². The molecule has 4 heteroatoms. The molecule has 0 bridgehead atoms. The van der Waals surface area contributed by atoms with Crippen LogP contribution in [0.2, 0.25) is 5.02 Å². The van der Waals surface area contributed by atoms with Gasteiger partial charge in [-0.3, -0.25) is 0 Å². The van der Waals surface area contributed by atoms with Gasteiger partial charge in [0, 0.05) is 10.4 Å². The Morgan fingerprint density at radius 3 is 2.74 bits per heavy atom. The van der Waals surface area contributed by atoms with Gasteiger partial charge in [0.25, 0.3) is 0 Å². The molecule has 3 rings (SSSR count). The average Bonchev–Trinajstić information content (AvgIpc) is 2.97. The normalized spacial score (nSPS) is 17.8. The zero-order valence-corrected chi connectivity index (χ0v) is 11.7. The zero-order chi connectivity index (χ0) is 13.5. The van der Waals surface area contributed by atoms with Gasteiger partial charge in [0.2, 0.25) is 5.88 Å². The van der Waals surface area contributed by atoms with Crippen molar-refractivity contribution in [2.75, 3.05) is 5.73 Å². The van der Waals surface area contributed by atoms with Gasteiger partial charge >= 0.3 is 0 Å². The Kier molecular flexibility index (Phi) is 3.02. The van der Waals surface area contributed by atoms with E-state index >= 15 is 0 Å². The fraction of sp³-hybridized carbons (Fsp3) is 0.400. The van der Waals surface area contributed by atoms with E-state index in [0.717, 1.165) is 29.7 Å². The number of anilines is 1. The Bertz CT molecular complexity index is 600. The van der Waals surface area contributed by atoms with Crippen molar-refractivity contribution in [3.8, 4) is 11.1 Å². The van der Waals surface area contributed by atoms with Crippen molar-refractivity contribution in [3.05, 3.63) is 35.0 Å². The summed E-state index contributed by atoms with van der Waals surface area (Å²) in [5, 5.41) is 4.93. The van der Waals surface area contributed by atoms with E-state index in [1.807, 2.05) is 24.3 Å². The van der Waals surface area contributed by atoms with E-state index in [0.29, 0.717) is 10.9 Å². The van der Waals surface area contributed by atoms with Crippen molar-refractivity contribution in [2.24, 2.45) is 0 Å². The number of nitrogens with two attached hydrogens (primary N) is 1. The lowest BCUT2D eigenvalue weighted by Gasteiger charge is -2.21. The van der Waals surface area contributed by atoms with Gasteiger partial charge in [-0.05, 0) is 30.5 Å². The number of benzene rings is 1. The number of hydrogen-bond acceptors (Lipinski definition) is 3. The smallest absolute Gasteiger partial charge is 0.230 e. The van der Waals surface area contributed by atoms with Crippen molar-refractivity contribution in [1.29, 1.82) is 0 Å². The number of hydrogen-bond donors (Lipinski definition) is 1. The predicted octanol–water partition coefficient (Wildman–Crippen LogP) is 4.41. The molecule has 1 fully saturated rings. The average molecular weight is 277 g/mol. The van der Waals surface area contributed by atoms with Crippen LogP contribution in [0.15, 0.2) is 28.8 Å². The van der Waals surface area contributed by atoms with Crippen LogP contribution in [-0.4, -0.2) is 5.16 Å². The summed E-state index contributed by atoms with van der Waals surface area (Å²) < 4.78 is 5.25. The molecule has 1 heterocycles. The van der Waals surface area contributed by atoms with Gasteiger partial charge in [0.05, 0.1) is 11.3 Å². The minimum Gasteiger partial charge on any atom is -0.367 e. The molecule has 0 amide bonds. The van der Waals surface area contributed by atoms with Crippen molar-refractivity contribution >= 4 is 17.5 Å². The molecule has 0 atom stereocenters. The summed E-state index contributed by atoms with van der Waals surface area (Å²) in [5.74, 6) is 0.380. The maximum atomic E-state index is 6.07. The Morgan fingerprint density at radius 2 is 2.05 bits per heavy atom. The Labute approximate surface area is 117 Å². The highest BCUT2D eigenvalue weighted by molar-refractivity contribution is 6.30. The largest absolute Gasteiger partial charge is 0.367 e. The van der Waals surface area contributed by atoms with E-state index in [9.17, 15) is 0 Å². The Balaban J connectivity index is 2.13. The van der Waals surface area contributed by atoms with Crippen LogP contribution < -0.4 is 5.73 Å². The molecule has 0 unspecified atom stereocenters. The van der Waals surface area contributed by atoms with Gasteiger partial charge < -0.3 is 10.3 Å². The summed E-state index contributed by atoms with van der Waals surface area (Å²) in [7, 11) is 0. The van der Waals surface area contributed by atoms with Gasteiger partial charge in [0.15, 0.2) is 0 Å². The van der Waals surface area contributed by atoms with Crippen molar-refractivity contribution in [3.63, 3.8) is 0 Å². The molecule has 100 valence electrons. The molecule has 1 aromatic heterocycles. The molecular weight excluding hydrogens is 260 g/mol. The van der Waals surface area contributed by atoms with Gasteiger partial charge in [-0.15, -0.1) is 0 Å². The van der Waals surface area contributed by atoms with Crippen LogP contribution in [0.3, 0.4) is 0 Å². The lowest BCUT2D eigenvalue weighted by molar-refractivity contribution is 0.386. The SMILES string of the molecule is CC1(c2noc(N)c2-c2cccc(Cl)c2)CCCC1. The Morgan fingerprint density at radius 1 is 1.32 bits per heavy atom. The fourth-order valence-electron chi connectivity index (χ4n) is 3.03. The highest BCUT2D eigenvalue weighted by Gasteiger charge is 2.37. The van der Waals surface area contributed by atoms with Crippen LogP contribution in [0, 0.1) is 0 Å². The van der Waals surface area contributed by atoms with Gasteiger partial charge in [0.1, 0.15) is 0 Å². The van der Waals surface area contributed by atoms with E-state index in [2.05, 4.69) is 12.1 Å². The fourth-order valence-corrected chi connectivity index (χ4v) is 3.22. The first-order valence-electron chi connectivity index (χ1n) is 6.62. The van der Waals surface area contributed by atoms with Crippen LogP contribution in [0.4, 0.5) is 5.88 Å². The van der Waals surface area contributed by atoms with Crippen LogP contribution in [-0.2, 0) is 5.41 Å². The molecule has 1 aliphatic rings. The minimum absolute atomic E-state index is 0.0682. The van der Waals surface area contributed by atoms with Crippen LogP contribution >= 0.6 is 11.6 Å². The van der Waals surface area contributed by atoms with Gasteiger partial charge in [-0.1, -0.05) is 48.7 Å². The molecule has 0 spiro atoms. The number of aromatic nitrogens is 1. The third-order valence-electron chi connectivity index (χ3n) is 4.11. The first kappa shape index (κ1) is 12.5. The first-order valence-corrected chi connectivity index (χ1v) is 6.99. The number of rotatable bonds is 2. The molecule has 1 saturated carbocycles. The summed E-state index contributed by atoms with van der Waals surface area (Å²) in [6.07, 6.45) is 4.73. The second-order valence-corrected chi connectivity index (χ2v) is 5.98. The van der Waals surface area contributed by atoms with Crippen molar-refractivity contribution < 1.29 is 4.52 Å². The molecule has 19 heavy (non-hydrogen) atoms. The summed E-state index contributed by atoms with van der Waals surface area (Å²) in [4.78, 5) is 0. The summed E-state index contributed by atoms with van der Waals surface area (Å²) in [6.45, 7) is 2.24. The lowest BCUT2D eigenvalue weighted by atomic mass is 9.81.